The van der Waals surface area contributed by atoms with Crippen molar-refractivity contribution < 1.29 is 19.2 Å². The van der Waals surface area contributed by atoms with Crippen molar-refractivity contribution in [2.75, 3.05) is 7.11 Å². The van der Waals surface area contributed by atoms with Crippen molar-refractivity contribution >= 4 is 5.97 Å². The Hall–Kier alpha value is -1.43. The Kier molecular flexibility index (Phi) is 5.05. The molecule has 108 valence electrons. The molecule has 1 unspecified atom stereocenters. The predicted molar refractivity (Wildman–Crippen MR) is 68.6 cm³/mol. The average Bonchev–Trinajstić information content (AvgIpc) is 2.63. The van der Waals surface area contributed by atoms with E-state index in [0.29, 0.717) is 18.1 Å². The van der Waals surface area contributed by atoms with Crippen molar-refractivity contribution in [3.05, 3.63) is 11.7 Å². The molecule has 1 aromatic heterocycles. The zero-order valence-electron chi connectivity index (χ0n) is 12.1. The third-order valence-corrected chi connectivity index (χ3v) is 2.86. The molecule has 0 amide bonds. The van der Waals surface area contributed by atoms with Crippen molar-refractivity contribution in [3.8, 4) is 0 Å². The van der Waals surface area contributed by atoms with Crippen LogP contribution in [0.25, 0.3) is 0 Å². The van der Waals surface area contributed by atoms with Crippen LogP contribution in [0.15, 0.2) is 4.52 Å². The number of rotatable bonds is 7. The molecule has 1 heterocycles. The molecule has 0 saturated carbocycles. The average molecular weight is 270 g/mol. The van der Waals surface area contributed by atoms with Crippen LogP contribution in [0.4, 0.5) is 0 Å². The standard InChI is InChI=1S/C13H22N2O4/c1-8(2)11(18-5)12-14-9(19-15-12)6-13(3,4)7-10(16)17/h8,11H,6-7H2,1-5H3,(H,16,17). The summed E-state index contributed by atoms with van der Waals surface area (Å²) in [5.74, 6) is 0.367. The maximum Gasteiger partial charge on any atom is 0.303 e. The van der Waals surface area contributed by atoms with Crippen LogP contribution in [-0.4, -0.2) is 28.3 Å². The van der Waals surface area contributed by atoms with Gasteiger partial charge in [0.05, 0.1) is 6.42 Å². The maximum absolute atomic E-state index is 10.8. The molecular formula is C13H22N2O4. The molecule has 19 heavy (non-hydrogen) atoms. The second kappa shape index (κ2) is 6.14. The van der Waals surface area contributed by atoms with E-state index in [9.17, 15) is 4.79 Å². The molecule has 1 N–H and O–H groups in total. The van der Waals surface area contributed by atoms with Crippen LogP contribution >= 0.6 is 0 Å². The molecule has 0 bridgehead atoms. The number of ether oxygens (including phenoxy) is 1. The molecule has 0 aromatic carbocycles. The summed E-state index contributed by atoms with van der Waals surface area (Å²) in [5.41, 5.74) is -0.421. The van der Waals surface area contributed by atoms with Crippen molar-refractivity contribution in [1.29, 1.82) is 0 Å². The van der Waals surface area contributed by atoms with Gasteiger partial charge in [-0.25, -0.2) is 0 Å². The minimum atomic E-state index is -0.832. The van der Waals surface area contributed by atoms with Gasteiger partial charge in [0.1, 0.15) is 6.10 Å². The minimum absolute atomic E-state index is 0.0581. The molecule has 6 nitrogen and oxygen atoms in total. The molecular weight excluding hydrogens is 248 g/mol. The Balaban J connectivity index is 2.77. The Morgan fingerprint density at radius 2 is 2.11 bits per heavy atom. The first-order chi connectivity index (χ1) is 8.75. The maximum atomic E-state index is 10.8. The van der Waals surface area contributed by atoms with Gasteiger partial charge >= 0.3 is 5.97 Å². The number of hydrogen-bond acceptors (Lipinski definition) is 5. The summed E-state index contributed by atoms with van der Waals surface area (Å²) in [6.45, 7) is 7.75. The van der Waals surface area contributed by atoms with E-state index in [-0.39, 0.29) is 18.4 Å². The lowest BCUT2D eigenvalue weighted by Crippen LogP contribution is -2.20. The number of carboxylic acids is 1. The second-order valence-electron chi connectivity index (χ2n) is 5.86. The van der Waals surface area contributed by atoms with Crippen molar-refractivity contribution in [2.45, 2.75) is 46.6 Å². The van der Waals surface area contributed by atoms with Crippen LogP contribution in [0.1, 0.15) is 51.9 Å². The fraction of sp³-hybridized carbons (Fsp3) is 0.769. The fourth-order valence-corrected chi connectivity index (χ4v) is 2.01. The molecule has 0 aliphatic heterocycles. The van der Waals surface area contributed by atoms with E-state index in [1.54, 1.807) is 7.11 Å². The monoisotopic (exact) mass is 270 g/mol. The molecule has 0 fully saturated rings. The van der Waals surface area contributed by atoms with Crippen LogP contribution in [0.2, 0.25) is 0 Å². The van der Waals surface area contributed by atoms with Crippen LogP contribution in [0, 0.1) is 11.3 Å². The largest absolute Gasteiger partial charge is 0.481 e. The summed E-state index contributed by atoms with van der Waals surface area (Å²) in [5, 5.41) is 12.8. The third kappa shape index (κ3) is 4.63. The van der Waals surface area contributed by atoms with E-state index in [0.717, 1.165) is 0 Å². The highest BCUT2D eigenvalue weighted by Gasteiger charge is 2.27. The van der Waals surface area contributed by atoms with Gasteiger partial charge in [0.2, 0.25) is 11.7 Å². The Morgan fingerprint density at radius 3 is 2.58 bits per heavy atom. The summed E-state index contributed by atoms with van der Waals surface area (Å²) in [6.07, 6.45) is 0.281. The van der Waals surface area contributed by atoms with Crippen LogP contribution in [0.5, 0.6) is 0 Å². The number of aromatic nitrogens is 2. The normalized spacial score (nSPS) is 13.8. The van der Waals surface area contributed by atoms with Crippen molar-refractivity contribution in [3.63, 3.8) is 0 Å². The lowest BCUT2D eigenvalue weighted by molar-refractivity contribution is -0.139. The minimum Gasteiger partial charge on any atom is -0.481 e. The number of carboxylic acid groups (broad SMARTS) is 1. The van der Waals surface area contributed by atoms with Crippen LogP contribution in [0.3, 0.4) is 0 Å². The molecule has 0 spiro atoms. The number of hydrogen-bond donors (Lipinski definition) is 1. The highest BCUT2D eigenvalue weighted by atomic mass is 16.5. The van der Waals surface area contributed by atoms with Gasteiger partial charge in [0.15, 0.2) is 0 Å². The summed E-state index contributed by atoms with van der Waals surface area (Å²) in [6, 6.07) is 0. The highest BCUT2D eigenvalue weighted by molar-refractivity contribution is 5.67. The van der Waals surface area contributed by atoms with Gasteiger partial charge < -0.3 is 14.4 Å². The summed E-state index contributed by atoms with van der Waals surface area (Å²) in [7, 11) is 1.61. The lowest BCUT2D eigenvalue weighted by atomic mass is 9.86. The third-order valence-electron chi connectivity index (χ3n) is 2.86. The van der Waals surface area contributed by atoms with Gasteiger partial charge in [0.25, 0.3) is 0 Å². The lowest BCUT2D eigenvalue weighted by Gasteiger charge is -2.19. The molecule has 1 rings (SSSR count). The smallest absolute Gasteiger partial charge is 0.303 e. The number of nitrogens with zero attached hydrogens (tertiary/aromatic N) is 2. The SMILES string of the molecule is COC(c1noc(CC(C)(C)CC(=O)O)n1)C(C)C. The molecule has 0 aliphatic rings. The van der Waals surface area contributed by atoms with E-state index < -0.39 is 11.4 Å². The van der Waals surface area contributed by atoms with E-state index in [1.807, 2.05) is 27.7 Å². The number of aliphatic carboxylic acids is 1. The van der Waals surface area contributed by atoms with Gasteiger partial charge in [-0.2, -0.15) is 4.98 Å². The zero-order chi connectivity index (χ0) is 14.6. The number of methoxy groups -OCH3 is 1. The van der Waals surface area contributed by atoms with Crippen molar-refractivity contribution in [1.82, 2.24) is 10.1 Å². The quantitative estimate of drug-likeness (QED) is 0.819. The molecule has 0 saturated heterocycles. The molecule has 6 heteroatoms. The van der Waals surface area contributed by atoms with Crippen LogP contribution < -0.4 is 0 Å². The summed E-state index contributed by atoms with van der Waals surface area (Å²) >= 11 is 0. The topological polar surface area (TPSA) is 85.5 Å². The zero-order valence-corrected chi connectivity index (χ0v) is 12.1. The first-order valence-corrected chi connectivity index (χ1v) is 6.32. The van der Waals surface area contributed by atoms with Gasteiger partial charge in [-0.15, -0.1) is 0 Å². The predicted octanol–water partition coefficient (Wildman–Crippen LogP) is 2.46. The van der Waals surface area contributed by atoms with Gasteiger partial charge in [-0.3, -0.25) is 4.79 Å². The van der Waals surface area contributed by atoms with E-state index >= 15 is 0 Å². The van der Waals surface area contributed by atoms with E-state index in [2.05, 4.69) is 10.1 Å². The first-order valence-electron chi connectivity index (χ1n) is 6.32. The number of carbonyl (C=O) groups is 1. The molecule has 1 atom stereocenters. The van der Waals surface area contributed by atoms with Gasteiger partial charge in [-0.1, -0.05) is 32.9 Å². The summed E-state index contributed by atoms with van der Waals surface area (Å²) < 4.78 is 10.5. The summed E-state index contributed by atoms with van der Waals surface area (Å²) in [4.78, 5) is 15.1. The van der Waals surface area contributed by atoms with E-state index in [1.165, 1.54) is 0 Å². The molecule has 0 radical (unpaired) electrons. The Labute approximate surface area is 113 Å². The van der Waals surface area contributed by atoms with Gasteiger partial charge in [0, 0.05) is 13.5 Å². The fourth-order valence-electron chi connectivity index (χ4n) is 2.01. The first kappa shape index (κ1) is 15.6. The van der Waals surface area contributed by atoms with Crippen LogP contribution in [-0.2, 0) is 16.0 Å². The Morgan fingerprint density at radius 1 is 1.47 bits per heavy atom. The molecule has 1 aromatic rings. The Bertz CT molecular complexity index is 426. The van der Waals surface area contributed by atoms with E-state index in [4.69, 9.17) is 14.4 Å². The van der Waals surface area contributed by atoms with Gasteiger partial charge in [-0.05, 0) is 11.3 Å². The molecule has 0 aliphatic carbocycles. The highest BCUT2D eigenvalue weighted by Crippen LogP contribution is 2.27. The van der Waals surface area contributed by atoms with Crippen molar-refractivity contribution in [2.24, 2.45) is 11.3 Å². The second-order valence-corrected chi connectivity index (χ2v) is 5.86.